The van der Waals surface area contributed by atoms with Gasteiger partial charge in [0.05, 0.1) is 49.8 Å². The number of likely N-dealkylation sites (tertiary alicyclic amines) is 1. The number of carbonyl (C=O) groups excluding carboxylic acids is 4. The Morgan fingerprint density at radius 2 is 1.67 bits per heavy atom. The highest BCUT2D eigenvalue weighted by Crippen LogP contribution is 2.54. The molecule has 3 amide bonds. The molecule has 2 aliphatic carbocycles. The number of Topliss-reactive ketones (excluding diaryl/α,β-unsaturated/α-hetero) is 1. The number of H-pyrrole nitrogens is 2. The van der Waals surface area contributed by atoms with Crippen molar-refractivity contribution in [3.63, 3.8) is 0 Å². The van der Waals surface area contributed by atoms with E-state index in [1.807, 2.05) is 49.1 Å². The number of benzene rings is 4. The molecule has 4 heterocycles. The van der Waals surface area contributed by atoms with E-state index in [0.717, 1.165) is 57.1 Å². The second kappa shape index (κ2) is 17.7. The summed E-state index contributed by atoms with van der Waals surface area (Å²) in [5.74, 6) is 0.282. The Kier molecular flexibility index (Phi) is 11.6. The summed E-state index contributed by atoms with van der Waals surface area (Å²) in [6.07, 6.45) is 2.77. The maximum atomic E-state index is 14.5. The van der Waals surface area contributed by atoms with E-state index in [0.29, 0.717) is 47.4 Å². The number of ether oxygens (including phenoxy) is 4. The topological polar surface area (TPSA) is 190 Å². The van der Waals surface area contributed by atoms with Gasteiger partial charge in [-0.15, -0.1) is 0 Å². The zero-order chi connectivity index (χ0) is 46.7. The molecule has 2 unspecified atom stereocenters. The minimum Gasteiger partial charge on any atom is -0.488 e. The smallest absolute Gasteiger partial charge is 0.407 e. The minimum atomic E-state index is -2.95. The molecule has 3 fully saturated rings. The maximum absolute atomic E-state index is 14.5. The fourth-order valence-electron chi connectivity index (χ4n) is 10.6. The van der Waals surface area contributed by atoms with Crippen molar-refractivity contribution in [1.29, 1.82) is 0 Å². The number of alkyl carbamates (subject to hydrolysis) is 2. The van der Waals surface area contributed by atoms with Crippen molar-refractivity contribution in [2.24, 2.45) is 23.7 Å². The number of ketones is 1. The number of piperidine rings is 1. The number of methoxy groups -OCH3 is 2. The van der Waals surface area contributed by atoms with Crippen LogP contribution in [0.15, 0.2) is 79.0 Å². The molecule has 4 aromatic carbocycles. The Labute approximate surface area is 384 Å². The Balaban J connectivity index is 0.917. The van der Waals surface area contributed by atoms with E-state index in [4.69, 9.17) is 28.9 Å². The van der Waals surface area contributed by atoms with Crippen LogP contribution in [0.1, 0.15) is 80.3 Å². The van der Waals surface area contributed by atoms with Crippen molar-refractivity contribution >= 4 is 45.7 Å². The average molecular weight is 916 g/mol. The molecule has 0 radical (unpaired) electrons. The van der Waals surface area contributed by atoms with Crippen molar-refractivity contribution < 1.29 is 46.9 Å². The van der Waals surface area contributed by atoms with E-state index in [1.54, 1.807) is 30.5 Å². The zero-order valence-electron chi connectivity index (χ0n) is 37.4. The SMILES string of the molecule is COC(=O)N[C@H](C(=O)N1[C@@H]2CC2C[C@H]1c1ncc(-c2ccc3c(c2)COc2cc4c(ccc5nc([C@@H]6C[C@H](COC(F)F)CC6C(=O)[C@H](NC(=O)OC)c6ccccc6)[nH]c54)cc2-3)[nH]1)C(C)C. The van der Waals surface area contributed by atoms with Crippen molar-refractivity contribution in [2.45, 2.75) is 82.8 Å². The number of carbonyl (C=O) groups is 4. The molecular formula is C50H51F2N7O8. The fourth-order valence-corrected chi connectivity index (χ4v) is 10.6. The standard InChI is InChI=1S/C50H51F2N7O8/c1-24(2)41(57-49(62)64-3)47(61)59-38-18-29(38)19-39(59)46-53-21-37(55-46)28-10-12-31-30(16-28)23-66-40-20-32-27(17-33(31)40)11-13-36-43(32)56-45(54-36)35-15-25(22-67-48(51)52)14-34(35)44(60)42(58-50(63)65-4)26-8-6-5-7-9-26/h5-13,16-17,20-21,24-25,29,34-35,38-39,41-42,48H,14-15,18-19,22-23H2,1-4H3,(H,53,55)(H,54,56)(H,57,62)(H,58,63)/t25-,29?,34?,35-,38-,39+,41+,42-/m1/s1. The van der Waals surface area contributed by atoms with Crippen LogP contribution in [-0.4, -0.2) is 88.2 Å². The lowest BCUT2D eigenvalue weighted by molar-refractivity contribution is -0.138. The largest absolute Gasteiger partial charge is 0.488 e. The van der Waals surface area contributed by atoms with Crippen LogP contribution in [0.5, 0.6) is 5.75 Å². The van der Waals surface area contributed by atoms with Crippen LogP contribution in [0.25, 0.3) is 44.2 Å². The minimum absolute atomic E-state index is 0.122. The highest BCUT2D eigenvalue weighted by molar-refractivity contribution is 6.07. The maximum Gasteiger partial charge on any atom is 0.407 e. The van der Waals surface area contributed by atoms with Crippen LogP contribution in [0, 0.1) is 23.7 Å². The van der Waals surface area contributed by atoms with Gasteiger partial charge < -0.3 is 44.4 Å². The second-order valence-corrected chi connectivity index (χ2v) is 18.4. The number of aromatic nitrogens is 4. The van der Waals surface area contributed by atoms with Gasteiger partial charge in [-0.1, -0.05) is 62.4 Å². The summed E-state index contributed by atoms with van der Waals surface area (Å²) in [6, 6.07) is 21.2. The number of fused-ring (bicyclic) bond motifs is 7. The third-order valence-electron chi connectivity index (χ3n) is 14.0. The number of rotatable bonds is 13. The van der Waals surface area contributed by atoms with Gasteiger partial charge in [0, 0.05) is 28.8 Å². The summed E-state index contributed by atoms with van der Waals surface area (Å²) >= 11 is 0. The van der Waals surface area contributed by atoms with Crippen molar-refractivity contribution in [3.8, 4) is 28.1 Å². The van der Waals surface area contributed by atoms with Crippen molar-refractivity contribution in [1.82, 2.24) is 35.5 Å². The summed E-state index contributed by atoms with van der Waals surface area (Å²) < 4.78 is 47.3. The average Bonchev–Trinajstić information content (AvgIpc) is 3.81. The molecule has 67 heavy (non-hydrogen) atoms. The third kappa shape index (κ3) is 8.34. The van der Waals surface area contributed by atoms with E-state index in [2.05, 4.69) is 38.8 Å². The van der Waals surface area contributed by atoms with E-state index in [9.17, 15) is 28.0 Å². The number of halogens is 2. The van der Waals surface area contributed by atoms with Gasteiger partial charge in [-0.25, -0.2) is 19.6 Å². The van der Waals surface area contributed by atoms with Crippen LogP contribution in [0.3, 0.4) is 0 Å². The molecule has 10 rings (SSSR count). The van der Waals surface area contributed by atoms with Gasteiger partial charge in [-0.05, 0) is 95.3 Å². The molecule has 1 saturated heterocycles. The molecular weight excluding hydrogens is 865 g/mol. The van der Waals surface area contributed by atoms with Crippen LogP contribution in [0.4, 0.5) is 18.4 Å². The number of amides is 3. The number of aromatic amines is 2. The van der Waals surface area contributed by atoms with E-state index < -0.39 is 42.7 Å². The van der Waals surface area contributed by atoms with Gasteiger partial charge >= 0.3 is 18.8 Å². The predicted molar refractivity (Wildman–Crippen MR) is 242 cm³/mol. The van der Waals surface area contributed by atoms with Crippen molar-refractivity contribution in [2.75, 3.05) is 20.8 Å². The first kappa shape index (κ1) is 44.0. The van der Waals surface area contributed by atoms with Gasteiger partial charge in [0.25, 0.3) is 0 Å². The second-order valence-electron chi connectivity index (χ2n) is 18.4. The van der Waals surface area contributed by atoms with Crippen LogP contribution in [0.2, 0.25) is 0 Å². The van der Waals surface area contributed by atoms with Gasteiger partial charge in [-0.2, -0.15) is 8.78 Å². The van der Waals surface area contributed by atoms with Gasteiger partial charge in [0.15, 0.2) is 5.78 Å². The number of alkyl halides is 2. The molecule has 15 nitrogen and oxygen atoms in total. The van der Waals surface area contributed by atoms with Crippen LogP contribution < -0.4 is 15.4 Å². The first-order valence-corrected chi connectivity index (χ1v) is 22.7. The van der Waals surface area contributed by atoms with Crippen LogP contribution >= 0.6 is 0 Å². The highest BCUT2D eigenvalue weighted by atomic mass is 19.3. The molecule has 2 aliphatic heterocycles. The molecule has 4 N–H and O–H groups in total. The molecule has 6 aromatic rings. The Hall–Kier alpha value is -6.88. The molecule has 348 valence electrons. The molecule has 8 atom stereocenters. The Morgan fingerprint density at radius 1 is 0.881 bits per heavy atom. The monoisotopic (exact) mass is 915 g/mol. The summed E-state index contributed by atoms with van der Waals surface area (Å²) in [4.78, 5) is 71.7. The van der Waals surface area contributed by atoms with E-state index in [1.165, 1.54) is 14.2 Å². The lowest BCUT2D eigenvalue weighted by Crippen LogP contribution is -2.52. The summed E-state index contributed by atoms with van der Waals surface area (Å²) in [6.45, 7) is 0.954. The number of nitrogens with zero attached hydrogens (tertiary/aromatic N) is 3. The first-order chi connectivity index (χ1) is 32.4. The quantitative estimate of drug-likeness (QED) is 0.0872. The lowest BCUT2D eigenvalue weighted by Gasteiger charge is -2.31. The number of hydrogen-bond donors (Lipinski definition) is 4. The number of nitrogens with one attached hydrogen (secondary N) is 4. The van der Waals surface area contributed by atoms with Crippen molar-refractivity contribution in [3.05, 3.63) is 102 Å². The van der Waals surface area contributed by atoms with E-state index in [-0.39, 0.29) is 48.6 Å². The molecule has 2 saturated carbocycles. The fraction of sp³-hybridized carbons (Fsp3) is 0.400. The van der Waals surface area contributed by atoms with Gasteiger partial charge in [0.2, 0.25) is 5.91 Å². The Morgan fingerprint density at radius 3 is 2.43 bits per heavy atom. The summed E-state index contributed by atoms with van der Waals surface area (Å²) in [5.41, 5.74) is 6.69. The molecule has 17 heteroatoms. The normalized spacial score (nSPS) is 22.5. The number of imidazole rings is 2. The van der Waals surface area contributed by atoms with Crippen LogP contribution in [-0.2, 0) is 30.4 Å². The van der Waals surface area contributed by atoms with Gasteiger partial charge in [-0.3, -0.25) is 9.59 Å². The third-order valence-corrected chi connectivity index (χ3v) is 14.0. The molecule has 4 aliphatic rings. The van der Waals surface area contributed by atoms with Gasteiger partial charge in [0.1, 0.15) is 36.1 Å². The highest BCUT2D eigenvalue weighted by Gasteiger charge is 2.56. The first-order valence-electron chi connectivity index (χ1n) is 22.7. The lowest BCUT2D eigenvalue weighted by atomic mass is 9.85. The zero-order valence-corrected chi connectivity index (χ0v) is 37.4. The number of hydrogen-bond acceptors (Lipinski definition) is 10. The summed E-state index contributed by atoms with van der Waals surface area (Å²) in [7, 11) is 2.51. The predicted octanol–water partition coefficient (Wildman–Crippen LogP) is 8.72. The summed E-state index contributed by atoms with van der Waals surface area (Å²) in [5, 5.41) is 7.22. The molecule has 0 spiro atoms. The molecule has 0 bridgehead atoms. The Bertz CT molecular complexity index is 2890. The molecule has 2 aromatic heterocycles. The van der Waals surface area contributed by atoms with E-state index >= 15 is 0 Å².